The lowest BCUT2D eigenvalue weighted by atomic mass is 10.2. The minimum Gasteiger partial charge on any atom is -0.403 e. The van der Waals surface area contributed by atoms with Crippen LogP contribution in [0.1, 0.15) is 21.6 Å². The molecule has 2 aromatic carbocycles. The highest BCUT2D eigenvalue weighted by Gasteiger charge is 2.23. The first kappa shape index (κ1) is 16.0. The van der Waals surface area contributed by atoms with Gasteiger partial charge in [-0.25, -0.2) is 4.79 Å². The average Bonchev–Trinajstić information content (AvgIpc) is 2.93. The van der Waals surface area contributed by atoms with Gasteiger partial charge in [0.05, 0.1) is 0 Å². The van der Waals surface area contributed by atoms with Gasteiger partial charge in [0.25, 0.3) is 5.91 Å². The first-order valence-electron chi connectivity index (χ1n) is 8.26. The fraction of sp³-hybridized carbons (Fsp3) is 0.0952. The van der Waals surface area contributed by atoms with Gasteiger partial charge in [-0.3, -0.25) is 9.36 Å². The molecule has 0 amide bonds. The van der Waals surface area contributed by atoms with E-state index < -0.39 is 5.63 Å². The van der Waals surface area contributed by atoms with Crippen LogP contribution in [0.5, 0.6) is 0 Å². The summed E-state index contributed by atoms with van der Waals surface area (Å²) in [4.78, 5) is 30.1. The summed E-state index contributed by atoms with van der Waals surface area (Å²) < 4.78 is 6.91. The predicted molar refractivity (Wildman–Crippen MR) is 99.3 cm³/mol. The predicted octanol–water partition coefficient (Wildman–Crippen LogP) is 3.96. The van der Waals surface area contributed by atoms with Gasteiger partial charge in [0.15, 0.2) is 5.65 Å². The Kier molecular flexibility index (Phi) is 3.77. The third-order valence-corrected chi connectivity index (χ3v) is 4.53. The number of carbonyl (C=O) groups excluding carboxylic acids is 1. The number of aryl methyl sites for hydroxylation is 1. The zero-order valence-electron chi connectivity index (χ0n) is 14.4. The summed E-state index contributed by atoms with van der Waals surface area (Å²) in [6.45, 7) is 3.60. The van der Waals surface area contributed by atoms with Crippen molar-refractivity contribution in [2.75, 3.05) is 0 Å². The lowest BCUT2D eigenvalue weighted by Crippen LogP contribution is -2.15. The number of benzene rings is 2. The smallest absolute Gasteiger partial charge is 0.349 e. The Balaban J connectivity index is 2.02. The van der Waals surface area contributed by atoms with E-state index in [1.54, 1.807) is 38.1 Å². The molecule has 0 aliphatic heterocycles. The molecule has 128 valence electrons. The SMILES string of the molecule is Cc1c(C)n(C(=O)c2ccccc2)c2nc(-c3ccccc3)oc(=O)c12. The van der Waals surface area contributed by atoms with Crippen LogP contribution in [0, 0.1) is 13.8 Å². The van der Waals surface area contributed by atoms with Gasteiger partial charge in [0.1, 0.15) is 5.39 Å². The maximum atomic E-state index is 13.0. The molecule has 4 rings (SSSR count). The minimum absolute atomic E-state index is 0.197. The van der Waals surface area contributed by atoms with Crippen molar-refractivity contribution < 1.29 is 9.21 Å². The fourth-order valence-corrected chi connectivity index (χ4v) is 3.06. The number of fused-ring (bicyclic) bond motifs is 1. The van der Waals surface area contributed by atoms with E-state index in [2.05, 4.69) is 4.98 Å². The van der Waals surface area contributed by atoms with Crippen molar-refractivity contribution in [2.45, 2.75) is 13.8 Å². The third-order valence-electron chi connectivity index (χ3n) is 4.53. The highest BCUT2D eigenvalue weighted by molar-refractivity contribution is 6.02. The molecule has 0 aliphatic rings. The quantitative estimate of drug-likeness (QED) is 0.552. The van der Waals surface area contributed by atoms with Gasteiger partial charge in [-0.1, -0.05) is 36.4 Å². The lowest BCUT2D eigenvalue weighted by Gasteiger charge is -2.07. The largest absolute Gasteiger partial charge is 0.403 e. The molecule has 0 aliphatic carbocycles. The summed E-state index contributed by atoms with van der Waals surface area (Å²) in [6.07, 6.45) is 0. The van der Waals surface area contributed by atoms with Crippen LogP contribution in [0.3, 0.4) is 0 Å². The Bertz CT molecular complexity index is 1170. The topological polar surface area (TPSA) is 65.1 Å². The summed E-state index contributed by atoms with van der Waals surface area (Å²) in [5, 5.41) is 0.339. The summed E-state index contributed by atoms with van der Waals surface area (Å²) in [7, 11) is 0. The minimum atomic E-state index is -0.492. The highest BCUT2D eigenvalue weighted by Crippen LogP contribution is 2.25. The summed E-state index contributed by atoms with van der Waals surface area (Å²) in [6, 6.07) is 18.1. The van der Waals surface area contributed by atoms with E-state index in [4.69, 9.17) is 4.42 Å². The molecule has 2 aromatic heterocycles. The molecule has 0 fully saturated rings. The highest BCUT2D eigenvalue weighted by atomic mass is 16.4. The molecule has 0 saturated heterocycles. The van der Waals surface area contributed by atoms with Crippen LogP contribution in [-0.2, 0) is 0 Å². The fourth-order valence-electron chi connectivity index (χ4n) is 3.06. The van der Waals surface area contributed by atoms with Crippen LogP contribution in [0.25, 0.3) is 22.5 Å². The van der Waals surface area contributed by atoms with Crippen LogP contribution < -0.4 is 5.63 Å². The van der Waals surface area contributed by atoms with Gasteiger partial charge in [0, 0.05) is 16.8 Å². The Morgan fingerprint density at radius 3 is 2.23 bits per heavy atom. The number of rotatable bonds is 2. The van der Waals surface area contributed by atoms with E-state index in [-0.39, 0.29) is 11.8 Å². The van der Waals surface area contributed by atoms with E-state index in [0.29, 0.717) is 33.4 Å². The molecule has 2 heterocycles. The van der Waals surface area contributed by atoms with E-state index >= 15 is 0 Å². The molecule has 4 aromatic rings. The molecule has 26 heavy (non-hydrogen) atoms. The van der Waals surface area contributed by atoms with E-state index in [1.807, 2.05) is 36.4 Å². The molecule has 0 N–H and O–H groups in total. The number of hydrogen-bond acceptors (Lipinski definition) is 4. The van der Waals surface area contributed by atoms with Crippen molar-refractivity contribution in [1.29, 1.82) is 0 Å². The molecule has 0 bridgehead atoms. The second kappa shape index (κ2) is 6.11. The third kappa shape index (κ3) is 2.45. The van der Waals surface area contributed by atoms with Crippen LogP contribution in [0.15, 0.2) is 69.9 Å². The normalized spacial score (nSPS) is 11.0. The van der Waals surface area contributed by atoms with Crippen LogP contribution in [0.2, 0.25) is 0 Å². The first-order chi connectivity index (χ1) is 12.6. The van der Waals surface area contributed by atoms with Gasteiger partial charge in [-0.2, -0.15) is 4.98 Å². The lowest BCUT2D eigenvalue weighted by molar-refractivity contribution is 0.0962. The second-order valence-corrected chi connectivity index (χ2v) is 6.09. The number of hydrogen-bond donors (Lipinski definition) is 0. The van der Waals surface area contributed by atoms with Crippen LogP contribution >= 0.6 is 0 Å². The molecule has 0 radical (unpaired) electrons. The molecular formula is C21H16N2O3. The molecule has 0 unspecified atom stereocenters. The Morgan fingerprint density at radius 2 is 1.58 bits per heavy atom. The standard InChI is InChI=1S/C21H16N2O3/c1-13-14(2)23(20(24)16-11-7-4-8-12-16)18-17(13)21(25)26-19(22-18)15-9-5-3-6-10-15/h3-12H,1-2H3. The van der Waals surface area contributed by atoms with Gasteiger partial charge < -0.3 is 4.42 Å². The summed E-state index contributed by atoms with van der Waals surface area (Å²) >= 11 is 0. The maximum Gasteiger partial charge on any atom is 0.349 e. The van der Waals surface area contributed by atoms with Crippen molar-refractivity contribution in [3.8, 4) is 11.5 Å². The van der Waals surface area contributed by atoms with Crippen molar-refractivity contribution in [1.82, 2.24) is 9.55 Å². The van der Waals surface area contributed by atoms with Crippen molar-refractivity contribution in [2.24, 2.45) is 0 Å². The van der Waals surface area contributed by atoms with Crippen molar-refractivity contribution >= 4 is 16.9 Å². The number of nitrogens with zero attached hydrogens (tertiary/aromatic N) is 2. The molecule has 5 heteroatoms. The first-order valence-corrected chi connectivity index (χ1v) is 8.26. The molecule has 0 saturated carbocycles. The second-order valence-electron chi connectivity index (χ2n) is 6.09. The average molecular weight is 344 g/mol. The van der Waals surface area contributed by atoms with E-state index in [0.717, 1.165) is 0 Å². The molecule has 0 atom stereocenters. The molecule has 5 nitrogen and oxygen atoms in total. The van der Waals surface area contributed by atoms with Gasteiger partial charge in [-0.15, -0.1) is 0 Å². The van der Waals surface area contributed by atoms with Gasteiger partial charge in [-0.05, 0) is 43.7 Å². The van der Waals surface area contributed by atoms with Crippen molar-refractivity contribution in [3.05, 3.63) is 87.9 Å². The van der Waals surface area contributed by atoms with Crippen LogP contribution in [-0.4, -0.2) is 15.5 Å². The van der Waals surface area contributed by atoms with Gasteiger partial charge >= 0.3 is 5.63 Å². The van der Waals surface area contributed by atoms with Crippen molar-refractivity contribution in [3.63, 3.8) is 0 Å². The molecule has 0 spiro atoms. The van der Waals surface area contributed by atoms with E-state index in [9.17, 15) is 9.59 Å². The maximum absolute atomic E-state index is 13.0. The van der Waals surface area contributed by atoms with Gasteiger partial charge in [0.2, 0.25) is 5.89 Å². The Hall–Kier alpha value is -3.47. The zero-order valence-corrected chi connectivity index (χ0v) is 14.4. The van der Waals surface area contributed by atoms with Crippen LogP contribution in [0.4, 0.5) is 0 Å². The Labute approximate surface area is 149 Å². The Morgan fingerprint density at radius 1 is 0.962 bits per heavy atom. The van der Waals surface area contributed by atoms with E-state index in [1.165, 1.54) is 4.57 Å². The summed E-state index contributed by atoms with van der Waals surface area (Å²) in [5.74, 6) is -0.0268. The summed E-state index contributed by atoms with van der Waals surface area (Å²) in [5.41, 5.74) is 2.42. The number of aromatic nitrogens is 2. The monoisotopic (exact) mass is 344 g/mol. The zero-order chi connectivity index (χ0) is 18.3. The number of carbonyl (C=O) groups is 1. The molecular weight excluding hydrogens is 328 g/mol.